The molecule has 1 heterocycles. The van der Waals surface area contributed by atoms with Crippen LogP contribution in [0.4, 0.5) is 0 Å². The predicted molar refractivity (Wildman–Crippen MR) is 59.1 cm³/mol. The van der Waals surface area contributed by atoms with E-state index in [4.69, 9.17) is 5.26 Å². The first-order valence-electron chi connectivity index (χ1n) is 4.74. The van der Waals surface area contributed by atoms with Crippen molar-refractivity contribution >= 4 is 0 Å². The van der Waals surface area contributed by atoms with Gasteiger partial charge in [-0.2, -0.15) is 5.26 Å². The van der Waals surface area contributed by atoms with Crippen molar-refractivity contribution in [3.8, 4) is 17.2 Å². The molecule has 0 radical (unpaired) electrons. The van der Waals surface area contributed by atoms with E-state index in [1.165, 1.54) is 0 Å². The molecule has 0 aliphatic carbocycles. The maximum absolute atomic E-state index is 8.82. The van der Waals surface area contributed by atoms with E-state index in [0.717, 1.165) is 16.8 Å². The Morgan fingerprint density at radius 3 is 2.47 bits per heavy atom. The Bertz CT molecular complexity index is 510. The lowest BCUT2D eigenvalue weighted by atomic mass is 10.1. The van der Waals surface area contributed by atoms with Crippen molar-refractivity contribution in [3.05, 3.63) is 53.9 Å². The van der Waals surface area contributed by atoms with E-state index >= 15 is 0 Å². The Labute approximate surface area is 88.8 Å². The third kappa shape index (κ3) is 2.03. The normalized spacial score (nSPS) is 9.60. The van der Waals surface area contributed by atoms with Gasteiger partial charge in [-0.05, 0) is 30.2 Å². The maximum Gasteiger partial charge on any atom is 0.141 e. The highest BCUT2D eigenvalue weighted by Gasteiger charge is 2.01. The summed E-state index contributed by atoms with van der Waals surface area (Å²) in [7, 11) is 0. The van der Waals surface area contributed by atoms with Crippen LogP contribution in [0.2, 0.25) is 0 Å². The molecule has 0 bridgehead atoms. The second kappa shape index (κ2) is 3.93. The fraction of sp³-hybridized carbons (Fsp3) is 0.0769. The minimum absolute atomic E-state index is 0.467. The van der Waals surface area contributed by atoms with E-state index < -0.39 is 0 Å². The van der Waals surface area contributed by atoms with Crippen molar-refractivity contribution in [1.82, 2.24) is 4.98 Å². The molecule has 0 amide bonds. The lowest BCUT2D eigenvalue weighted by molar-refractivity contribution is 1.17. The summed E-state index contributed by atoms with van der Waals surface area (Å²) in [5.74, 6) is 0. The number of pyridine rings is 1. The van der Waals surface area contributed by atoms with Crippen LogP contribution >= 0.6 is 0 Å². The molecule has 0 fully saturated rings. The van der Waals surface area contributed by atoms with E-state index in [1.54, 1.807) is 0 Å². The first kappa shape index (κ1) is 9.42. The van der Waals surface area contributed by atoms with E-state index in [-0.39, 0.29) is 0 Å². The maximum atomic E-state index is 8.82. The van der Waals surface area contributed by atoms with Crippen molar-refractivity contribution < 1.29 is 0 Å². The highest BCUT2D eigenvalue weighted by atomic mass is 14.7. The van der Waals surface area contributed by atoms with Gasteiger partial charge < -0.3 is 0 Å². The lowest BCUT2D eigenvalue weighted by Crippen LogP contribution is -1.88. The number of nitrogens with zero attached hydrogens (tertiary/aromatic N) is 2. The van der Waals surface area contributed by atoms with Crippen molar-refractivity contribution in [1.29, 1.82) is 5.26 Å². The largest absolute Gasteiger partial charge is 0.242 e. The van der Waals surface area contributed by atoms with E-state index in [2.05, 4.69) is 11.1 Å². The Morgan fingerprint density at radius 1 is 1.07 bits per heavy atom. The van der Waals surface area contributed by atoms with Gasteiger partial charge in [-0.1, -0.05) is 30.3 Å². The van der Waals surface area contributed by atoms with Gasteiger partial charge in [0.25, 0.3) is 0 Å². The standard InChI is InChI=1S/C13H10N2/c1-10-7-12(8-13(9-14)15-10)11-5-3-2-4-6-11/h2-8H,1H3. The summed E-state index contributed by atoms with van der Waals surface area (Å²) in [6.45, 7) is 1.90. The van der Waals surface area contributed by atoms with E-state index in [0.29, 0.717) is 5.69 Å². The van der Waals surface area contributed by atoms with Crippen LogP contribution in [0.5, 0.6) is 0 Å². The van der Waals surface area contributed by atoms with Crippen molar-refractivity contribution in [3.63, 3.8) is 0 Å². The number of aromatic nitrogens is 1. The van der Waals surface area contributed by atoms with Gasteiger partial charge in [-0.15, -0.1) is 0 Å². The minimum Gasteiger partial charge on any atom is -0.242 e. The van der Waals surface area contributed by atoms with Gasteiger partial charge in [0.05, 0.1) is 0 Å². The molecule has 0 atom stereocenters. The average molecular weight is 194 g/mol. The van der Waals surface area contributed by atoms with Gasteiger partial charge >= 0.3 is 0 Å². The summed E-state index contributed by atoms with van der Waals surface area (Å²) in [5.41, 5.74) is 3.49. The Hall–Kier alpha value is -2.14. The molecule has 0 unspecified atom stereocenters. The van der Waals surface area contributed by atoms with Gasteiger partial charge in [0.2, 0.25) is 0 Å². The highest BCUT2D eigenvalue weighted by molar-refractivity contribution is 5.64. The zero-order valence-corrected chi connectivity index (χ0v) is 8.44. The molecule has 72 valence electrons. The second-order valence-electron chi connectivity index (χ2n) is 3.36. The number of hydrogen-bond acceptors (Lipinski definition) is 2. The number of nitriles is 1. The molecule has 0 aliphatic heterocycles. The molecule has 2 aromatic rings. The summed E-state index contributed by atoms with van der Waals surface area (Å²) in [6, 6.07) is 15.8. The molecule has 2 nitrogen and oxygen atoms in total. The fourth-order valence-electron chi connectivity index (χ4n) is 1.52. The average Bonchev–Trinajstić information content (AvgIpc) is 2.29. The molecule has 1 aromatic heterocycles. The van der Waals surface area contributed by atoms with Crippen molar-refractivity contribution in [2.24, 2.45) is 0 Å². The van der Waals surface area contributed by atoms with Crippen LogP contribution in [0.15, 0.2) is 42.5 Å². The quantitative estimate of drug-likeness (QED) is 0.699. The monoisotopic (exact) mass is 194 g/mol. The zero-order valence-electron chi connectivity index (χ0n) is 8.44. The third-order valence-corrected chi connectivity index (χ3v) is 2.18. The van der Waals surface area contributed by atoms with Gasteiger partial charge in [0, 0.05) is 5.69 Å². The van der Waals surface area contributed by atoms with Crippen LogP contribution < -0.4 is 0 Å². The molecule has 0 spiro atoms. The van der Waals surface area contributed by atoms with Gasteiger partial charge in [-0.3, -0.25) is 0 Å². The SMILES string of the molecule is Cc1cc(-c2ccccc2)cc(C#N)n1. The predicted octanol–water partition coefficient (Wildman–Crippen LogP) is 2.93. The summed E-state index contributed by atoms with van der Waals surface area (Å²) in [4.78, 5) is 4.12. The number of hydrogen-bond donors (Lipinski definition) is 0. The van der Waals surface area contributed by atoms with Gasteiger partial charge in [0.15, 0.2) is 0 Å². The Morgan fingerprint density at radius 2 is 1.80 bits per heavy atom. The van der Waals surface area contributed by atoms with E-state index in [1.807, 2.05) is 49.4 Å². The van der Waals surface area contributed by atoms with Crippen LogP contribution in [0.3, 0.4) is 0 Å². The number of benzene rings is 1. The van der Waals surface area contributed by atoms with Gasteiger partial charge in [-0.25, -0.2) is 4.98 Å². The number of aryl methyl sites for hydroxylation is 1. The van der Waals surface area contributed by atoms with Crippen molar-refractivity contribution in [2.75, 3.05) is 0 Å². The summed E-state index contributed by atoms with van der Waals surface area (Å²) in [6.07, 6.45) is 0. The lowest BCUT2D eigenvalue weighted by Gasteiger charge is -2.02. The van der Waals surface area contributed by atoms with E-state index in [9.17, 15) is 0 Å². The highest BCUT2D eigenvalue weighted by Crippen LogP contribution is 2.19. The van der Waals surface area contributed by atoms with Crippen LogP contribution in [0, 0.1) is 18.3 Å². The van der Waals surface area contributed by atoms with Crippen LogP contribution in [-0.2, 0) is 0 Å². The fourth-order valence-corrected chi connectivity index (χ4v) is 1.52. The van der Waals surface area contributed by atoms with Gasteiger partial charge in [0.1, 0.15) is 11.8 Å². The number of rotatable bonds is 1. The first-order chi connectivity index (χ1) is 7.29. The molecule has 1 aromatic carbocycles. The zero-order chi connectivity index (χ0) is 10.7. The molecule has 0 saturated heterocycles. The van der Waals surface area contributed by atoms with Crippen LogP contribution in [0.25, 0.3) is 11.1 Å². The Balaban J connectivity index is 2.55. The molecular formula is C13H10N2. The molecule has 0 saturated carbocycles. The summed E-state index contributed by atoms with van der Waals surface area (Å²) in [5, 5.41) is 8.82. The molecular weight excluding hydrogens is 184 g/mol. The summed E-state index contributed by atoms with van der Waals surface area (Å²) < 4.78 is 0. The molecule has 15 heavy (non-hydrogen) atoms. The second-order valence-corrected chi connectivity index (χ2v) is 3.36. The topological polar surface area (TPSA) is 36.7 Å². The molecule has 0 aliphatic rings. The van der Waals surface area contributed by atoms with Crippen molar-refractivity contribution in [2.45, 2.75) is 6.92 Å². The Kier molecular flexibility index (Phi) is 2.47. The summed E-state index contributed by atoms with van der Waals surface area (Å²) >= 11 is 0. The molecule has 0 N–H and O–H groups in total. The smallest absolute Gasteiger partial charge is 0.141 e. The minimum atomic E-state index is 0.467. The van der Waals surface area contributed by atoms with Crippen LogP contribution in [0.1, 0.15) is 11.4 Å². The van der Waals surface area contributed by atoms with Crippen LogP contribution in [-0.4, -0.2) is 4.98 Å². The molecule has 2 heteroatoms. The first-order valence-corrected chi connectivity index (χ1v) is 4.74. The molecule has 2 rings (SSSR count). The third-order valence-electron chi connectivity index (χ3n) is 2.18.